The fraction of sp³-hybridized carbons (Fsp3) is 0.143. The number of aromatic nitrogens is 2. The van der Waals surface area contributed by atoms with Crippen LogP contribution in [0.5, 0.6) is 0 Å². The smallest absolute Gasteiger partial charge is 0.294 e. The third kappa shape index (κ3) is 3.32. The minimum atomic E-state index is -0.791. The summed E-state index contributed by atoms with van der Waals surface area (Å²) in [7, 11) is 0. The highest BCUT2D eigenvalue weighted by atomic mass is 35.5. The van der Waals surface area contributed by atoms with E-state index in [1.807, 2.05) is 6.92 Å². The van der Waals surface area contributed by atoms with Gasteiger partial charge >= 0.3 is 0 Å². The van der Waals surface area contributed by atoms with Crippen molar-refractivity contribution in [3.8, 4) is 0 Å². The second-order valence-corrected chi connectivity index (χ2v) is 8.21. The lowest BCUT2D eigenvalue weighted by Crippen LogP contribution is -2.31. The number of carbonyl (C=O) groups excluding carboxylic acids is 2. The highest BCUT2D eigenvalue weighted by Crippen LogP contribution is 2.42. The number of ketones is 1. The van der Waals surface area contributed by atoms with Crippen LogP contribution in [0.1, 0.15) is 32.0 Å². The average Bonchev–Trinajstić information content (AvgIpc) is 3.19. The summed E-state index contributed by atoms with van der Waals surface area (Å²) >= 11 is 7.23. The number of halogens is 1. The standard InChI is InChI=1S/C21H16ClN3O3S/c1-11-20(29-12(2)24-11)18(26)16-17(13-7-9-23-10-8-13)25(21(28)19(16)27)15-5-3-14(22)4-6-15/h3-10,17,27H,1-2H3. The number of carbonyl (C=O) groups is 2. The van der Waals surface area contributed by atoms with Gasteiger partial charge in [-0.15, -0.1) is 11.3 Å². The first kappa shape index (κ1) is 19.3. The van der Waals surface area contributed by atoms with Gasteiger partial charge in [0.2, 0.25) is 5.78 Å². The van der Waals surface area contributed by atoms with Gasteiger partial charge in [0, 0.05) is 23.1 Å². The van der Waals surface area contributed by atoms with E-state index >= 15 is 0 Å². The molecular formula is C21H16ClN3O3S. The number of hydrogen-bond acceptors (Lipinski definition) is 6. The van der Waals surface area contributed by atoms with E-state index < -0.39 is 23.5 Å². The van der Waals surface area contributed by atoms with Crippen molar-refractivity contribution in [1.82, 2.24) is 9.97 Å². The summed E-state index contributed by atoms with van der Waals surface area (Å²) in [5, 5.41) is 12.0. The molecule has 2 aromatic heterocycles. The Labute approximate surface area is 176 Å². The Bertz CT molecular complexity index is 1140. The third-order valence-electron chi connectivity index (χ3n) is 4.69. The molecule has 8 heteroatoms. The monoisotopic (exact) mass is 425 g/mol. The molecule has 0 radical (unpaired) electrons. The molecule has 4 rings (SSSR count). The van der Waals surface area contributed by atoms with Crippen LogP contribution in [0.3, 0.4) is 0 Å². The summed E-state index contributed by atoms with van der Waals surface area (Å²) in [5.74, 6) is -1.61. The number of Topliss-reactive ketones (excluding diaryl/α,β-unsaturated/α-hetero) is 1. The fourth-order valence-corrected chi connectivity index (χ4v) is 4.43. The summed E-state index contributed by atoms with van der Waals surface area (Å²) in [6.07, 6.45) is 3.17. The highest BCUT2D eigenvalue weighted by Gasteiger charge is 2.45. The van der Waals surface area contributed by atoms with E-state index in [1.165, 1.54) is 16.2 Å². The number of aliphatic hydroxyl groups excluding tert-OH is 1. The van der Waals surface area contributed by atoms with Gasteiger partial charge in [0.25, 0.3) is 5.91 Å². The number of pyridine rings is 1. The van der Waals surface area contributed by atoms with Crippen LogP contribution in [-0.2, 0) is 4.79 Å². The molecule has 1 amide bonds. The van der Waals surface area contributed by atoms with E-state index in [0.717, 1.165) is 5.01 Å². The molecule has 1 aliphatic rings. The maximum Gasteiger partial charge on any atom is 0.294 e. The van der Waals surface area contributed by atoms with Gasteiger partial charge < -0.3 is 5.11 Å². The summed E-state index contributed by atoms with van der Waals surface area (Å²) in [6.45, 7) is 3.55. The Hall–Kier alpha value is -3.03. The number of hydrogen-bond donors (Lipinski definition) is 1. The lowest BCUT2D eigenvalue weighted by Gasteiger charge is -2.26. The molecule has 3 aromatic rings. The van der Waals surface area contributed by atoms with E-state index in [2.05, 4.69) is 9.97 Å². The van der Waals surface area contributed by atoms with E-state index in [-0.39, 0.29) is 5.57 Å². The number of amides is 1. The van der Waals surface area contributed by atoms with E-state index in [0.29, 0.717) is 26.8 Å². The zero-order valence-electron chi connectivity index (χ0n) is 15.6. The maximum atomic E-state index is 13.4. The zero-order valence-corrected chi connectivity index (χ0v) is 17.2. The largest absolute Gasteiger partial charge is 0.503 e. The second-order valence-electron chi connectivity index (χ2n) is 6.57. The Balaban J connectivity index is 1.88. The highest BCUT2D eigenvalue weighted by molar-refractivity contribution is 7.14. The van der Waals surface area contributed by atoms with Crippen LogP contribution in [0.4, 0.5) is 5.69 Å². The van der Waals surface area contributed by atoms with Crippen LogP contribution >= 0.6 is 22.9 Å². The molecule has 0 saturated heterocycles. The Kier molecular flexibility index (Phi) is 4.94. The van der Waals surface area contributed by atoms with Gasteiger partial charge in [-0.05, 0) is 55.8 Å². The van der Waals surface area contributed by atoms with Crippen LogP contribution in [0.25, 0.3) is 0 Å². The normalized spacial score (nSPS) is 16.6. The molecule has 0 saturated carbocycles. The van der Waals surface area contributed by atoms with Gasteiger partial charge in [-0.3, -0.25) is 19.5 Å². The zero-order chi connectivity index (χ0) is 20.7. The molecule has 6 nitrogen and oxygen atoms in total. The van der Waals surface area contributed by atoms with Gasteiger partial charge in [0.15, 0.2) is 5.76 Å². The first-order valence-electron chi connectivity index (χ1n) is 8.79. The lowest BCUT2D eigenvalue weighted by molar-refractivity contribution is -0.117. The van der Waals surface area contributed by atoms with Gasteiger partial charge in [0.05, 0.1) is 27.2 Å². The van der Waals surface area contributed by atoms with Gasteiger partial charge in [0.1, 0.15) is 0 Å². The second kappa shape index (κ2) is 7.42. The molecular weight excluding hydrogens is 410 g/mol. The van der Waals surface area contributed by atoms with Crippen molar-refractivity contribution in [2.75, 3.05) is 4.90 Å². The lowest BCUT2D eigenvalue weighted by atomic mass is 9.95. The van der Waals surface area contributed by atoms with Crippen LogP contribution in [0.2, 0.25) is 5.02 Å². The molecule has 1 unspecified atom stereocenters. The van der Waals surface area contributed by atoms with Crippen molar-refractivity contribution in [2.45, 2.75) is 19.9 Å². The number of thiazole rings is 1. The quantitative estimate of drug-likeness (QED) is 0.618. The Morgan fingerprint density at radius 1 is 1.14 bits per heavy atom. The Morgan fingerprint density at radius 2 is 1.79 bits per heavy atom. The van der Waals surface area contributed by atoms with Gasteiger partial charge in [-0.1, -0.05) is 11.6 Å². The van der Waals surface area contributed by atoms with Crippen molar-refractivity contribution < 1.29 is 14.7 Å². The fourth-order valence-electron chi connectivity index (χ4n) is 3.43. The molecule has 29 heavy (non-hydrogen) atoms. The van der Waals surface area contributed by atoms with E-state index in [4.69, 9.17) is 11.6 Å². The SMILES string of the molecule is Cc1nc(C)c(C(=O)C2=C(O)C(=O)N(c3ccc(Cl)cc3)C2c2ccncc2)s1. The number of aliphatic hydroxyl groups is 1. The van der Waals surface area contributed by atoms with Gasteiger partial charge in [-0.25, -0.2) is 4.98 Å². The minimum absolute atomic E-state index is 0.0305. The third-order valence-corrected chi connectivity index (χ3v) is 6.01. The molecule has 0 aliphatic carbocycles. The summed E-state index contributed by atoms with van der Waals surface area (Å²) in [5.41, 5.74) is 1.79. The number of rotatable bonds is 4. The molecule has 1 atom stereocenters. The maximum absolute atomic E-state index is 13.4. The molecule has 3 heterocycles. The van der Waals surface area contributed by atoms with E-state index in [9.17, 15) is 14.7 Å². The van der Waals surface area contributed by atoms with Crippen molar-refractivity contribution in [3.05, 3.63) is 86.3 Å². The van der Waals surface area contributed by atoms with Crippen LogP contribution in [-0.4, -0.2) is 26.8 Å². The van der Waals surface area contributed by atoms with Crippen molar-refractivity contribution in [2.24, 2.45) is 0 Å². The predicted octanol–water partition coefficient (Wildman–Crippen LogP) is 4.59. The molecule has 1 N–H and O–H groups in total. The predicted molar refractivity (Wildman–Crippen MR) is 111 cm³/mol. The van der Waals surface area contributed by atoms with Crippen LogP contribution < -0.4 is 4.90 Å². The molecule has 0 spiro atoms. The van der Waals surface area contributed by atoms with Crippen molar-refractivity contribution >= 4 is 40.3 Å². The van der Waals surface area contributed by atoms with Crippen LogP contribution in [0.15, 0.2) is 60.1 Å². The van der Waals surface area contributed by atoms with Crippen molar-refractivity contribution in [1.29, 1.82) is 0 Å². The first-order valence-corrected chi connectivity index (χ1v) is 9.99. The Morgan fingerprint density at radius 3 is 2.38 bits per heavy atom. The molecule has 1 aromatic carbocycles. The number of benzene rings is 1. The topological polar surface area (TPSA) is 83.4 Å². The minimum Gasteiger partial charge on any atom is -0.503 e. The van der Waals surface area contributed by atoms with Crippen LogP contribution in [0, 0.1) is 13.8 Å². The summed E-state index contributed by atoms with van der Waals surface area (Å²) in [6, 6.07) is 9.31. The molecule has 146 valence electrons. The van der Waals surface area contributed by atoms with Crippen molar-refractivity contribution in [3.63, 3.8) is 0 Å². The summed E-state index contributed by atoms with van der Waals surface area (Å²) in [4.78, 5) is 36.5. The first-order chi connectivity index (χ1) is 13.9. The average molecular weight is 426 g/mol. The van der Waals surface area contributed by atoms with E-state index in [1.54, 1.807) is 55.7 Å². The molecule has 0 fully saturated rings. The number of nitrogens with zero attached hydrogens (tertiary/aromatic N) is 3. The molecule has 1 aliphatic heterocycles. The van der Waals surface area contributed by atoms with Gasteiger partial charge in [-0.2, -0.15) is 0 Å². The number of aryl methyl sites for hydroxylation is 2. The molecule has 0 bridgehead atoms. The number of anilines is 1. The summed E-state index contributed by atoms with van der Waals surface area (Å²) < 4.78 is 0.